The molecule has 22 heavy (non-hydrogen) atoms. The molecule has 1 saturated carbocycles. The van der Waals surface area contributed by atoms with Gasteiger partial charge in [0.1, 0.15) is 6.04 Å². The summed E-state index contributed by atoms with van der Waals surface area (Å²) in [4.78, 5) is 28.9. The fraction of sp³-hybridized carbons (Fsp3) is 0.556. The van der Waals surface area contributed by atoms with E-state index in [1.807, 2.05) is 24.0 Å². The van der Waals surface area contributed by atoms with Crippen molar-refractivity contribution in [2.24, 2.45) is 5.92 Å². The Bertz CT molecular complexity index is 607. The van der Waals surface area contributed by atoms with Crippen LogP contribution in [0.25, 0.3) is 0 Å². The Morgan fingerprint density at radius 3 is 2.55 bits per heavy atom. The highest BCUT2D eigenvalue weighted by atomic mass is 16.2. The van der Waals surface area contributed by atoms with Crippen molar-refractivity contribution in [1.29, 1.82) is 0 Å². The summed E-state index contributed by atoms with van der Waals surface area (Å²) < 4.78 is 0. The minimum absolute atomic E-state index is 0.0348. The van der Waals surface area contributed by atoms with Crippen LogP contribution < -0.4 is 4.90 Å². The van der Waals surface area contributed by atoms with E-state index in [9.17, 15) is 9.59 Å². The predicted octanol–water partition coefficient (Wildman–Crippen LogP) is 2.67. The van der Waals surface area contributed by atoms with E-state index in [4.69, 9.17) is 0 Å². The van der Waals surface area contributed by atoms with Crippen LogP contribution in [0.4, 0.5) is 5.69 Å². The lowest BCUT2D eigenvalue weighted by Gasteiger charge is -2.42. The lowest BCUT2D eigenvalue weighted by molar-refractivity contribution is -0.146. The Kier molecular flexibility index (Phi) is 3.94. The molecule has 2 aliphatic rings. The summed E-state index contributed by atoms with van der Waals surface area (Å²) in [6.07, 6.45) is 3.11. The number of hydrogen-bond donors (Lipinski definition) is 0. The van der Waals surface area contributed by atoms with Crippen LogP contribution in [0, 0.1) is 19.8 Å². The summed E-state index contributed by atoms with van der Waals surface area (Å²) in [7, 11) is 0. The molecule has 4 heteroatoms. The fourth-order valence-corrected chi connectivity index (χ4v) is 3.33. The van der Waals surface area contributed by atoms with E-state index in [2.05, 4.69) is 19.9 Å². The molecule has 0 bridgehead atoms. The molecule has 2 fully saturated rings. The molecule has 1 heterocycles. The van der Waals surface area contributed by atoms with Crippen molar-refractivity contribution in [1.82, 2.24) is 4.90 Å². The minimum atomic E-state index is -0.359. The van der Waals surface area contributed by atoms with E-state index in [1.54, 1.807) is 4.90 Å². The predicted molar refractivity (Wildman–Crippen MR) is 86.8 cm³/mol. The Morgan fingerprint density at radius 2 is 1.91 bits per heavy atom. The molecule has 1 saturated heterocycles. The summed E-state index contributed by atoms with van der Waals surface area (Å²) in [6.45, 7) is 7.19. The molecule has 1 aliphatic heterocycles. The molecule has 1 atom stereocenters. The van der Waals surface area contributed by atoms with Gasteiger partial charge >= 0.3 is 0 Å². The number of benzene rings is 1. The first-order valence-electron chi connectivity index (χ1n) is 8.18. The largest absolute Gasteiger partial charge is 0.329 e. The van der Waals surface area contributed by atoms with Gasteiger partial charge in [-0.3, -0.25) is 9.59 Å². The van der Waals surface area contributed by atoms with Gasteiger partial charge in [-0.15, -0.1) is 0 Å². The number of piperazine rings is 1. The van der Waals surface area contributed by atoms with Gasteiger partial charge < -0.3 is 9.80 Å². The summed E-state index contributed by atoms with van der Waals surface area (Å²) in [5, 5.41) is 0. The Hall–Kier alpha value is -1.84. The lowest BCUT2D eigenvalue weighted by atomic mass is 9.84. The van der Waals surface area contributed by atoms with Gasteiger partial charge in [0, 0.05) is 24.7 Å². The first-order valence-corrected chi connectivity index (χ1v) is 8.18. The van der Waals surface area contributed by atoms with Crippen molar-refractivity contribution in [2.75, 3.05) is 18.0 Å². The molecule has 118 valence electrons. The van der Waals surface area contributed by atoms with Crippen LogP contribution >= 0.6 is 0 Å². The maximum atomic E-state index is 12.8. The second kappa shape index (κ2) is 5.75. The summed E-state index contributed by atoms with van der Waals surface area (Å²) in [5.41, 5.74) is 3.31. The molecule has 1 aliphatic carbocycles. The van der Waals surface area contributed by atoms with Crippen LogP contribution in [-0.4, -0.2) is 35.8 Å². The quantitative estimate of drug-likeness (QED) is 0.842. The molecule has 0 aromatic heterocycles. The van der Waals surface area contributed by atoms with Gasteiger partial charge in [0.25, 0.3) is 0 Å². The number of carbonyl (C=O) groups is 2. The molecule has 0 spiro atoms. The molecule has 0 N–H and O–H groups in total. The highest BCUT2D eigenvalue weighted by Crippen LogP contribution is 2.31. The van der Waals surface area contributed by atoms with Crippen LogP contribution in [0.15, 0.2) is 18.2 Å². The molecular weight excluding hydrogens is 276 g/mol. The van der Waals surface area contributed by atoms with Gasteiger partial charge in [0.05, 0.1) is 0 Å². The van der Waals surface area contributed by atoms with E-state index >= 15 is 0 Å². The van der Waals surface area contributed by atoms with Gasteiger partial charge in [0.2, 0.25) is 11.8 Å². The number of aryl methyl sites for hydroxylation is 1. The topological polar surface area (TPSA) is 40.6 Å². The average Bonchev–Trinajstić information content (AvgIpc) is 2.43. The molecule has 1 aromatic rings. The number of rotatable bonds is 2. The number of anilines is 1. The molecule has 0 radical (unpaired) electrons. The molecular formula is C18H24N2O2. The zero-order valence-corrected chi connectivity index (χ0v) is 13.6. The molecule has 2 amide bonds. The van der Waals surface area contributed by atoms with E-state index in [0.717, 1.165) is 30.5 Å². The van der Waals surface area contributed by atoms with E-state index in [0.29, 0.717) is 13.1 Å². The van der Waals surface area contributed by atoms with E-state index in [-0.39, 0.29) is 23.8 Å². The van der Waals surface area contributed by atoms with Crippen molar-refractivity contribution < 1.29 is 9.59 Å². The standard InChI is InChI=1S/C18H24N2O2/c1-12-6-4-9-16(13(12)2)20-11-10-19(14(3)17(20)21)18(22)15-7-5-8-15/h4,6,9,14-15H,5,7-8,10-11H2,1-3H3. The van der Waals surface area contributed by atoms with Gasteiger partial charge in [0.15, 0.2) is 0 Å². The number of hydrogen-bond acceptors (Lipinski definition) is 2. The Labute approximate surface area is 132 Å². The highest BCUT2D eigenvalue weighted by molar-refractivity contribution is 6.01. The molecule has 3 rings (SSSR count). The third kappa shape index (κ3) is 2.40. The number of amides is 2. The van der Waals surface area contributed by atoms with Crippen LogP contribution in [-0.2, 0) is 9.59 Å². The smallest absolute Gasteiger partial charge is 0.249 e. The van der Waals surface area contributed by atoms with Crippen LogP contribution in [0.2, 0.25) is 0 Å². The summed E-state index contributed by atoms with van der Waals surface area (Å²) in [6, 6.07) is 5.68. The second-order valence-corrected chi connectivity index (χ2v) is 6.54. The normalized spacial score (nSPS) is 22.7. The van der Waals surface area contributed by atoms with Crippen molar-refractivity contribution in [3.05, 3.63) is 29.3 Å². The highest BCUT2D eigenvalue weighted by Gasteiger charge is 2.39. The fourth-order valence-electron chi connectivity index (χ4n) is 3.33. The summed E-state index contributed by atoms with van der Waals surface area (Å²) >= 11 is 0. The van der Waals surface area contributed by atoms with Crippen molar-refractivity contribution in [2.45, 2.75) is 46.1 Å². The first kappa shape index (κ1) is 15.1. The maximum absolute atomic E-state index is 12.8. The van der Waals surface area contributed by atoms with Crippen LogP contribution in [0.1, 0.15) is 37.3 Å². The first-order chi connectivity index (χ1) is 10.5. The maximum Gasteiger partial charge on any atom is 0.249 e. The van der Waals surface area contributed by atoms with Crippen molar-refractivity contribution in [3.63, 3.8) is 0 Å². The number of nitrogens with zero attached hydrogens (tertiary/aromatic N) is 2. The average molecular weight is 300 g/mol. The lowest BCUT2D eigenvalue weighted by Crippen LogP contribution is -2.59. The second-order valence-electron chi connectivity index (χ2n) is 6.54. The van der Waals surface area contributed by atoms with Gasteiger partial charge in [-0.25, -0.2) is 0 Å². The zero-order chi connectivity index (χ0) is 15.9. The molecule has 1 aromatic carbocycles. The van der Waals surface area contributed by atoms with Gasteiger partial charge in [-0.2, -0.15) is 0 Å². The van der Waals surface area contributed by atoms with Crippen molar-refractivity contribution in [3.8, 4) is 0 Å². The molecule has 4 nitrogen and oxygen atoms in total. The van der Waals surface area contributed by atoms with Crippen LogP contribution in [0.5, 0.6) is 0 Å². The van der Waals surface area contributed by atoms with Crippen molar-refractivity contribution >= 4 is 17.5 Å². The monoisotopic (exact) mass is 300 g/mol. The SMILES string of the molecule is Cc1cccc(N2CCN(C(=O)C3CCC3)C(C)C2=O)c1C. The minimum Gasteiger partial charge on any atom is -0.329 e. The number of carbonyl (C=O) groups excluding carboxylic acids is 2. The third-order valence-corrected chi connectivity index (χ3v) is 5.26. The zero-order valence-electron chi connectivity index (χ0n) is 13.6. The van der Waals surface area contributed by atoms with E-state index < -0.39 is 0 Å². The third-order valence-electron chi connectivity index (χ3n) is 5.26. The van der Waals surface area contributed by atoms with Gasteiger partial charge in [-0.1, -0.05) is 18.6 Å². The summed E-state index contributed by atoms with van der Waals surface area (Å²) in [5.74, 6) is 0.364. The van der Waals surface area contributed by atoms with E-state index in [1.165, 1.54) is 5.56 Å². The molecule has 1 unspecified atom stereocenters. The Balaban J connectivity index is 1.79. The van der Waals surface area contributed by atoms with Crippen LogP contribution in [0.3, 0.4) is 0 Å². The Morgan fingerprint density at radius 1 is 1.18 bits per heavy atom. The van der Waals surface area contributed by atoms with Gasteiger partial charge in [-0.05, 0) is 50.8 Å².